The van der Waals surface area contributed by atoms with E-state index in [2.05, 4.69) is 5.32 Å². The van der Waals surface area contributed by atoms with Gasteiger partial charge in [0.15, 0.2) is 12.6 Å². The average molecular weight is 569 g/mol. The maximum Gasteiger partial charge on any atom is 0.249 e. The molecule has 3 aliphatic rings. The van der Waals surface area contributed by atoms with Gasteiger partial charge in [0.25, 0.3) is 0 Å². The maximum atomic E-state index is 12.6. The summed E-state index contributed by atoms with van der Waals surface area (Å²) in [6.07, 6.45) is -14.1. The Morgan fingerprint density at radius 3 is 2.18 bits per heavy atom. The van der Waals surface area contributed by atoms with Gasteiger partial charge < -0.3 is 83.6 Å². The van der Waals surface area contributed by atoms with Crippen molar-refractivity contribution in [3.63, 3.8) is 0 Å². The summed E-state index contributed by atoms with van der Waals surface area (Å²) in [5.41, 5.74) is 29.4. The second-order valence-electron chi connectivity index (χ2n) is 10.3. The molecule has 1 aliphatic carbocycles. The zero-order valence-corrected chi connectivity index (χ0v) is 21.5. The molecule has 15 atom stereocenters. The van der Waals surface area contributed by atoms with Crippen LogP contribution in [-0.4, -0.2) is 148 Å². The van der Waals surface area contributed by atoms with Crippen molar-refractivity contribution in [3.05, 3.63) is 0 Å². The molecular formula is C22H44N6O11. The fourth-order valence-electron chi connectivity index (χ4n) is 5.03. The number of nitrogens with one attached hydrogen (secondary N) is 1. The van der Waals surface area contributed by atoms with Crippen LogP contribution >= 0.6 is 0 Å². The molecule has 7 unspecified atom stereocenters. The number of hydrogen-bond donors (Lipinski definition) is 12. The molecule has 3 fully saturated rings. The van der Waals surface area contributed by atoms with E-state index in [1.807, 2.05) is 0 Å². The summed E-state index contributed by atoms with van der Waals surface area (Å²) in [4.78, 5) is 12.6. The Morgan fingerprint density at radius 1 is 0.897 bits per heavy atom. The molecule has 17 nitrogen and oxygen atoms in total. The van der Waals surface area contributed by atoms with Crippen molar-refractivity contribution in [1.82, 2.24) is 5.32 Å². The molecule has 2 saturated heterocycles. The minimum Gasteiger partial charge on any atom is -0.394 e. The Labute approximate surface area is 225 Å². The highest BCUT2D eigenvalue weighted by Crippen LogP contribution is 2.31. The van der Waals surface area contributed by atoms with Crippen molar-refractivity contribution in [2.75, 3.05) is 19.7 Å². The van der Waals surface area contributed by atoms with Crippen molar-refractivity contribution in [3.8, 4) is 0 Å². The first-order valence-corrected chi connectivity index (χ1v) is 13.0. The van der Waals surface area contributed by atoms with Gasteiger partial charge >= 0.3 is 0 Å². The lowest BCUT2D eigenvalue weighted by molar-refractivity contribution is -0.319. The lowest BCUT2D eigenvalue weighted by atomic mass is 9.81. The van der Waals surface area contributed by atoms with E-state index in [1.165, 1.54) is 0 Å². The molecule has 2 heterocycles. The minimum absolute atomic E-state index is 0.00387. The van der Waals surface area contributed by atoms with E-state index in [0.717, 1.165) is 0 Å². The lowest BCUT2D eigenvalue weighted by Crippen LogP contribution is -2.74. The van der Waals surface area contributed by atoms with Crippen molar-refractivity contribution < 1.29 is 54.4 Å². The maximum absolute atomic E-state index is 12.6. The fourth-order valence-corrected chi connectivity index (χ4v) is 5.03. The van der Waals surface area contributed by atoms with Crippen LogP contribution < -0.4 is 34.0 Å². The van der Waals surface area contributed by atoms with E-state index in [9.17, 15) is 35.4 Å². The molecule has 2 aliphatic heterocycles. The molecule has 0 aromatic heterocycles. The highest BCUT2D eigenvalue weighted by Gasteiger charge is 2.54. The van der Waals surface area contributed by atoms with Gasteiger partial charge in [-0.25, -0.2) is 0 Å². The summed E-state index contributed by atoms with van der Waals surface area (Å²) in [5, 5.41) is 65.3. The number of aliphatic hydroxyl groups excluding tert-OH is 6. The minimum atomic E-state index is -1.68. The van der Waals surface area contributed by atoms with Crippen molar-refractivity contribution in [1.29, 1.82) is 0 Å². The molecule has 0 radical (unpaired) electrons. The normalized spacial score (nSPS) is 46.0. The first-order valence-electron chi connectivity index (χ1n) is 13.0. The molecule has 17 heteroatoms. The van der Waals surface area contributed by atoms with Gasteiger partial charge in [-0.3, -0.25) is 4.79 Å². The van der Waals surface area contributed by atoms with Crippen LogP contribution in [0.2, 0.25) is 0 Å². The molecule has 1 amide bonds. The molecule has 0 spiro atoms. The van der Waals surface area contributed by atoms with Gasteiger partial charge in [0.2, 0.25) is 5.91 Å². The second kappa shape index (κ2) is 14.2. The van der Waals surface area contributed by atoms with E-state index >= 15 is 0 Å². The van der Waals surface area contributed by atoms with Crippen LogP contribution in [0, 0.1) is 0 Å². The Balaban J connectivity index is 1.88. The van der Waals surface area contributed by atoms with Gasteiger partial charge in [-0.05, 0) is 25.8 Å². The van der Waals surface area contributed by atoms with Gasteiger partial charge in [-0.1, -0.05) is 0 Å². The summed E-state index contributed by atoms with van der Waals surface area (Å²) in [7, 11) is 0. The van der Waals surface area contributed by atoms with Crippen molar-refractivity contribution in [2.24, 2.45) is 28.7 Å². The van der Waals surface area contributed by atoms with Crippen molar-refractivity contribution >= 4 is 5.91 Å². The molecule has 1 saturated carbocycles. The monoisotopic (exact) mass is 568 g/mol. The summed E-state index contributed by atoms with van der Waals surface area (Å²) in [6.45, 7) is -0.469. The van der Waals surface area contributed by atoms with Crippen LogP contribution in [0.25, 0.3) is 0 Å². The number of amides is 1. The molecule has 3 rings (SSSR count). The third kappa shape index (κ3) is 7.21. The third-order valence-corrected chi connectivity index (χ3v) is 7.50. The van der Waals surface area contributed by atoms with Crippen molar-refractivity contribution in [2.45, 2.75) is 111 Å². The Kier molecular flexibility index (Phi) is 11.8. The zero-order valence-electron chi connectivity index (χ0n) is 21.5. The predicted octanol–water partition coefficient (Wildman–Crippen LogP) is -7.43. The average Bonchev–Trinajstić information content (AvgIpc) is 2.92. The smallest absolute Gasteiger partial charge is 0.249 e. The summed E-state index contributed by atoms with van der Waals surface area (Å²) < 4.78 is 23.0. The van der Waals surface area contributed by atoms with Crippen LogP contribution in [0.5, 0.6) is 0 Å². The molecule has 0 bridgehead atoms. The number of hydrogen-bond acceptors (Lipinski definition) is 16. The Hall–Kier alpha value is -1.13. The van der Waals surface area contributed by atoms with Crippen LogP contribution in [0.15, 0.2) is 0 Å². The van der Waals surface area contributed by atoms with Gasteiger partial charge in [-0.2, -0.15) is 0 Å². The quantitative estimate of drug-likeness (QED) is 0.116. The first-order chi connectivity index (χ1) is 18.4. The largest absolute Gasteiger partial charge is 0.394 e. The van der Waals surface area contributed by atoms with E-state index in [0.29, 0.717) is 12.8 Å². The number of ether oxygens (including phenoxy) is 4. The fraction of sp³-hybridized carbons (Fsp3) is 0.955. The molecule has 17 N–H and O–H groups in total. The van der Waals surface area contributed by atoms with Gasteiger partial charge in [-0.15, -0.1) is 0 Å². The number of carbonyl (C=O) groups is 1. The molecular weight excluding hydrogens is 524 g/mol. The first kappa shape index (κ1) is 32.4. The Morgan fingerprint density at radius 2 is 1.56 bits per heavy atom. The number of rotatable bonds is 10. The molecule has 39 heavy (non-hydrogen) atoms. The van der Waals surface area contributed by atoms with E-state index < -0.39 is 98.1 Å². The Bertz CT molecular complexity index is 787. The molecule has 228 valence electrons. The topological polar surface area (TPSA) is 317 Å². The zero-order chi connectivity index (χ0) is 29.0. The van der Waals surface area contributed by atoms with Crippen LogP contribution in [-0.2, 0) is 23.7 Å². The van der Waals surface area contributed by atoms with Gasteiger partial charge in [0, 0.05) is 6.54 Å². The number of aliphatic hydroxyl groups is 6. The highest BCUT2D eigenvalue weighted by molar-refractivity contribution is 5.81. The molecule has 0 aromatic carbocycles. The standard InChI is InChI=1S/C22H44N6O11/c23-4-3-9(30)20(35)28-13-15(32)12(27)18(38-21-8(25)2-1-7(5-24)36-21)17(34)19(13)39-22-16(33)11(26)14(31)10(6-29)37-22/h7-19,21-22,29-34H,1-6,23-27H2,(H,28,35)/t7?,8?,9-,10?,11+,12+,13-,14-,15?,16?,17?,18?,19+,21-,22-/m1/s1. The summed E-state index contributed by atoms with van der Waals surface area (Å²) in [5.74, 6) is -0.925. The summed E-state index contributed by atoms with van der Waals surface area (Å²) in [6, 6.07) is -4.65. The lowest BCUT2D eigenvalue weighted by Gasteiger charge is -2.50. The van der Waals surface area contributed by atoms with Gasteiger partial charge in [0.05, 0.1) is 43.0 Å². The van der Waals surface area contributed by atoms with E-state index in [4.69, 9.17) is 47.6 Å². The van der Waals surface area contributed by atoms with Crippen LogP contribution in [0.4, 0.5) is 0 Å². The highest BCUT2D eigenvalue weighted by atomic mass is 16.7. The van der Waals surface area contributed by atoms with Crippen LogP contribution in [0.1, 0.15) is 19.3 Å². The number of carbonyl (C=O) groups excluding carboxylic acids is 1. The SMILES string of the molecule is NCC[C@@H](O)C(=O)N[C@@H]1C(O)[C@H](N)C(O[C@H]2OC(CN)CCC2N)C(O)[C@H]1O[C@H]1OC(CO)[C@@H](O)[C@H](N)C1O. The van der Waals surface area contributed by atoms with E-state index in [-0.39, 0.29) is 25.6 Å². The third-order valence-electron chi connectivity index (χ3n) is 7.50. The molecule has 0 aromatic rings. The second-order valence-corrected chi connectivity index (χ2v) is 10.3. The van der Waals surface area contributed by atoms with E-state index in [1.54, 1.807) is 0 Å². The van der Waals surface area contributed by atoms with Gasteiger partial charge in [0.1, 0.15) is 42.7 Å². The predicted molar refractivity (Wildman–Crippen MR) is 132 cm³/mol. The summed E-state index contributed by atoms with van der Waals surface area (Å²) >= 11 is 0. The number of nitrogens with two attached hydrogens (primary N) is 5. The van der Waals surface area contributed by atoms with Crippen LogP contribution in [0.3, 0.4) is 0 Å².